The second-order valence-corrected chi connectivity index (χ2v) is 4.91. The van der Waals surface area contributed by atoms with E-state index in [1.807, 2.05) is 0 Å². The SMILES string of the molecule is CCC(CC)(CC)Nc1c(N)cncc1Br. The van der Waals surface area contributed by atoms with Crippen molar-refractivity contribution < 1.29 is 0 Å². The van der Waals surface area contributed by atoms with Gasteiger partial charge < -0.3 is 11.1 Å². The van der Waals surface area contributed by atoms with Crippen LogP contribution in [0.4, 0.5) is 11.4 Å². The van der Waals surface area contributed by atoms with Crippen LogP contribution >= 0.6 is 15.9 Å². The van der Waals surface area contributed by atoms with Gasteiger partial charge in [0.25, 0.3) is 0 Å². The molecule has 0 aliphatic rings. The molecule has 0 aliphatic carbocycles. The Labute approximate surface area is 106 Å². The highest BCUT2D eigenvalue weighted by molar-refractivity contribution is 9.10. The van der Waals surface area contributed by atoms with Crippen LogP contribution in [0.5, 0.6) is 0 Å². The van der Waals surface area contributed by atoms with Gasteiger partial charge >= 0.3 is 0 Å². The highest BCUT2D eigenvalue weighted by Crippen LogP contribution is 2.33. The fraction of sp³-hybridized carbons (Fsp3) is 0.583. The van der Waals surface area contributed by atoms with Crippen LogP contribution < -0.4 is 11.1 Å². The van der Waals surface area contributed by atoms with Crippen LogP contribution in [0.2, 0.25) is 0 Å². The van der Waals surface area contributed by atoms with Gasteiger partial charge in [-0.3, -0.25) is 4.98 Å². The Hall–Kier alpha value is -0.770. The third-order valence-corrected chi connectivity index (χ3v) is 3.95. The summed E-state index contributed by atoms with van der Waals surface area (Å²) in [7, 11) is 0. The van der Waals surface area contributed by atoms with Gasteiger partial charge in [-0.25, -0.2) is 0 Å². The Balaban J connectivity index is 3.02. The summed E-state index contributed by atoms with van der Waals surface area (Å²) >= 11 is 3.48. The molecule has 0 amide bonds. The molecule has 0 radical (unpaired) electrons. The molecule has 0 saturated carbocycles. The third-order valence-electron chi connectivity index (χ3n) is 3.35. The van der Waals surface area contributed by atoms with Crippen LogP contribution in [0, 0.1) is 0 Å². The van der Waals surface area contributed by atoms with Crippen molar-refractivity contribution in [3.63, 3.8) is 0 Å². The zero-order chi connectivity index (χ0) is 12.2. The lowest BCUT2D eigenvalue weighted by atomic mass is 9.89. The monoisotopic (exact) mass is 285 g/mol. The number of nitrogens with two attached hydrogens (primary N) is 1. The normalized spacial score (nSPS) is 11.5. The predicted octanol–water partition coefficient (Wildman–Crippen LogP) is 3.81. The van der Waals surface area contributed by atoms with Crippen molar-refractivity contribution >= 4 is 27.3 Å². The zero-order valence-electron chi connectivity index (χ0n) is 10.2. The number of nitrogens with zero attached hydrogens (tertiary/aromatic N) is 1. The Kier molecular flexibility index (Phi) is 4.59. The van der Waals surface area contributed by atoms with Crippen LogP contribution in [-0.4, -0.2) is 10.5 Å². The van der Waals surface area contributed by atoms with E-state index in [1.165, 1.54) is 0 Å². The summed E-state index contributed by atoms with van der Waals surface area (Å²) in [6.07, 6.45) is 6.68. The molecule has 1 rings (SSSR count). The second kappa shape index (κ2) is 5.53. The number of nitrogen functional groups attached to an aromatic ring is 1. The molecule has 0 spiro atoms. The molecular weight excluding hydrogens is 266 g/mol. The summed E-state index contributed by atoms with van der Waals surface area (Å²) in [5.41, 5.74) is 7.71. The van der Waals surface area contributed by atoms with Crippen LogP contribution in [0.3, 0.4) is 0 Å². The molecule has 1 aromatic heterocycles. The summed E-state index contributed by atoms with van der Waals surface area (Å²) < 4.78 is 0.923. The average molecular weight is 286 g/mol. The first-order valence-corrected chi connectivity index (χ1v) is 6.55. The van der Waals surface area contributed by atoms with Gasteiger partial charge in [0.05, 0.1) is 22.0 Å². The van der Waals surface area contributed by atoms with E-state index >= 15 is 0 Å². The number of pyridine rings is 1. The predicted molar refractivity (Wildman–Crippen MR) is 73.6 cm³/mol. The summed E-state index contributed by atoms with van der Waals surface area (Å²) in [6.45, 7) is 6.60. The number of hydrogen-bond acceptors (Lipinski definition) is 3. The first-order chi connectivity index (χ1) is 7.58. The van der Waals surface area contributed by atoms with Gasteiger partial charge in [-0.1, -0.05) is 20.8 Å². The fourth-order valence-electron chi connectivity index (χ4n) is 1.86. The van der Waals surface area contributed by atoms with Crippen LogP contribution in [0.15, 0.2) is 16.9 Å². The van der Waals surface area contributed by atoms with Gasteiger partial charge in [-0.2, -0.15) is 0 Å². The van der Waals surface area contributed by atoms with Crippen LogP contribution in [-0.2, 0) is 0 Å². The number of rotatable bonds is 5. The standard InChI is InChI=1S/C12H20BrN3/c1-4-12(5-2,6-3)16-11-9(13)7-15-8-10(11)14/h7-8H,4-6,14H2,1-3H3,(H,15,16). The second-order valence-electron chi connectivity index (χ2n) is 4.05. The first-order valence-electron chi connectivity index (χ1n) is 5.75. The van der Waals surface area contributed by atoms with Crippen molar-refractivity contribution in [1.29, 1.82) is 0 Å². The van der Waals surface area contributed by atoms with E-state index in [-0.39, 0.29) is 5.54 Å². The summed E-state index contributed by atoms with van der Waals surface area (Å²) in [4.78, 5) is 4.04. The third kappa shape index (κ3) is 2.67. The fourth-order valence-corrected chi connectivity index (χ4v) is 2.31. The molecule has 16 heavy (non-hydrogen) atoms. The van der Waals surface area contributed by atoms with Crippen molar-refractivity contribution in [3.8, 4) is 0 Å². The maximum absolute atomic E-state index is 5.94. The van der Waals surface area contributed by atoms with Crippen molar-refractivity contribution in [3.05, 3.63) is 16.9 Å². The first kappa shape index (κ1) is 13.3. The number of anilines is 2. The molecule has 0 aromatic carbocycles. The van der Waals surface area contributed by atoms with Crippen molar-refractivity contribution in [2.75, 3.05) is 11.1 Å². The zero-order valence-corrected chi connectivity index (χ0v) is 11.8. The van der Waals surface area contributed by atoms with Crippen molar-refractivity contribution in [2.24, 2.45) is 0 Å². The molecule has 0 bridgehead atoms. The Morgan fingerprint density at radius 3 is 2.25 bits per heavy atom. The topological polar surface area (TPSA) is 50.9 Å². The largest absolute Gasteiger partial charge is 0.396 e. The molecule has 3 nitrogen and oxygen atoms in total. The summed E-state index contributed by atoms with van der Waals surface area (Å²) in [6, 6.07) is 0. The summed E-state index contributed by atoms with van der Waals surface area (Å²) in [5.74, 6) is 0. The van der Waals surface area contributed by atoms with Gasteiger partial charge in [-0.05, 0) is 35.2 Å². The van der Waals surface area contributed by atoms with Gasteiger partial charge in [0.1, 0.15) is 0 Å². The molecule has 0 aliphatic heterocycles. The number of nitrogens with one attached hydrogen (secondary N) is 1. The number of aromatic nitrogens is 1. The average Bonchev–Trinajstić information content (AvgIpc) is 2.30. The van der Waals surface area contributed by atoms with E-state index in [0.29, 0.717) is 5.69 Å². The minimum Gasteiger partial charge on any atom is -0.396 e. The molecule has 0 saturated heterocycles. The lowest BCUT2D eigenvalue weighted by Crippen LogP contribution is -2.36. The maximum atomic E-state index is 5.94. The quantitative estimate of drug-likeness (QED) is 0.865. The molecule has 1 aromatic rings. The van der Waals surface area contributed by atoms with E-state index in [0.717, 1.165) is 29.4 Å². The van der Waals surface area contributed by atoms with Gasteiger partial charge in [0.2, 0.25) is 0 Å². The molecule has 0 unspecified atom stereocenters. The molecule has 90 valence electrons. The Morgan fingerprint density at radius 2 is 1.81 bits per heavy atom. The van der Waals surface area contributed by atoms with Gasteiger partial charge in [-0.15, -0.1) is 0 Å². The molecular formula is C12H20BrN3. The van der Waals surface area contributed by atoms with E-state index in [1.54, 1.807) is 12.4 Å². The maximum Gasteiger partial charge on any atom is 0.0754 e. The lowest BCUT2D eigenvalue weighted by molar-refractivity contribution is 0.420. The summed E-state index contributed by atoms with van der Waals surface area (Å²) in [5, 5.41) is 3.57. The number of hydrogen-bond donors (Lipinski definition) is 2. The molecule has 4 heteroatoms. The molecule has 0 fully saturated rings. The van der Waals surface area contributed by atoms with Crippen LogP contribution in [0.25, 0.3) is 0 Å². The molecule has 1 heterocycles. The lowest BCUT2D eigenvalue weighted by Gasteiger charge is -2.33. The van der Waals surface area contributed by atoms with E-state index < -0.39 is 0 Å². The Bertz CT molecular complexity index is 320. The van der Waals surface area contributed by atoms with E-state index in [4.69, 9.17) is 5.73 Å². The Morgan fingerprint density at radius 1 is 1.25 bits per heavy atom. The van der Waals surface area contributed by atoms with Crippen molar-refractivity contribution in [1.82, 2.24) is 4.98 Å². The highest BCUT2D eigenvalue weighted by Gasteiger charge is 2.24. The minimum absolute atomic E-state index is 0.123. The minimum atomic E-state index is 0.123. The number of halogens is 1. The van der Waals surface area contributed by atoms with Gasteiger partial charge in [0, 0.05) is 11.7 Å². The van der Waals surface area contributed by atoms with E-state index in [9.17, 15) is 0 Å². The van der Waals surface area contributed by atoms with E-state index in [2.05, 4.69) is 47.0 Å². The molecule has 0 atom stereocenters. The highest BCUT2D eigenvalue weighted by atomic mass is 79.9. The smallest absolute Gasteiger partial charge is 0.0754 e. The molecule has 3 N–H and O–H groups in total. The van der Waals surface area contributed by atoms with Gasteiger partial charge in [0.15, 0.2) is 0 Å². The van der Waals surface area contributed by atoms with Crippen LogP contribution in [0.1, 0.15) is 40.0 Å². The van der Waals surface area contributed by atoms with Crippen molar-refractivity contribution in [2.45, 2.75) is 45.6 Å².